The number of nitrogens with one attached hydrogen (secondary N) is 2. The average Bonchev–Trinajstić information content (AvgIpc) is 2.89. The summed E-state index contributed by atoms with van der Waals surface area (Å²) in [4.78, 5) is 12.1. The zero-order chi connectivity index (χ0) is 13.0. The van der Waals surface area contributed by atoms with Crippen molar-refractivity contribution < 1.29 is 9.53 Å². The van der Waals surface area contributed by atoms with Gasteiger partial charge >= 0.3 is 0 Å². The third-order valence-electron chi connectivity index (χ3n) is 3.12. The van der Waals surface area contributed by atoms with Gasteiger partial charge in [-0.05, 0) is 43.6 Å². The quantitative estimate of drug-likeness (QED) is 0.891. The summed E-state index contributed by atoms with van der Waals surface area (Å²) >= 11 is 3.37. The van der Waals surface area contributed by atoms with E-state index in [1.54, 1.807) is 19.2 Å². The van der Waals surface area contributed by atoms with Gasteiger partial charge in [-0.2, -0.15) is 0 Å². The lowest BCUT2D eigenvalue weighted by atomic mass is 10.1. The first kappa shape index (κ1) is 13.4. The highest BCUT2D eigenvalue weighted by Gasteiger charge is 2.17. The zero-order valence-corrected chi connectivity index (χ0v) is 11.9. The molecule has 1 aliphatic rings. The Kier molecular flexibility index (Phi) is 4.60. The van der Waals surface area contributed by atoms with Crippen LogP contribution in [-0.2, 0) is 0 Å². The van der Waals surface area contributed by atoms with Gasteiger partial charge in [0.15, 0.2) is 0 Å². The summed E-state index contributed by atoms with van der Waals surface area (Å²) in [5.41, 5.74) is 0.567. The van der Waals surface area contributed by atoms with Crippen LogP contribution in [0.5, 0.6) is 5.75 Å². The number of amides is 1. The molecule has 0 bridgehead atoms. The Hall–Kier alpha value is -1.07. The Bertz CT molecular complexity index is 431. The van der Waals surface area contributed by atoms with Gasteiger partial charge in [-0.15, -0.1) is 0 Å². The van der Waals surface area contributed by atoms with Crippen molar-refractivity contribution in [2.75, 3.05) is 26.7 Å². The molecule has 4 nitrogen and oxygen atoms in total. The molecule has 18 heavy (non-hydrogen) atoms. The van der Waals surface area contributed by atoms with Crippen LogP contribution in [0.25, 0.3) is 0 Å². The van der Waals surface area contributed by atoms with E-state index in [0.717, 1.165) is 24.0 Å². The van der Waals surface area contributed by atoms with Crippen LogP contribution in [-0.4, -0.2) is 32.7 Å². The molecular formula is C13H17BrN2O2. The first-order valence-corrected chi connectivity index (χ1v) is 6.82. The highest BCUT2D eigenvalue weighted by molar-refractivity contribution is 9.10. The van der Waals surface area contributed by atoms with Crippen molar-refractivity contribution >= 4 is 21.8 Å². The Balaban J connectivity index is 2.00. The number of carbonyl (C=O) groups is 1. The van der Waals surface area contributed by atoms with E-state index in [1.165, 1.54) is 0 Å². The minimum Gasteiger partial charge on any atom is -0.496 e. The second-order valence-corrected chi connectivity index (χ2v) is 5.33. The van der Waals surface area contributed by atoms with Gasteiger partial charge in [0.2, 0.25) is 0 Å². The van der Waals surface area contributed by atoms with Crippen LogP contribution in [0.15, 0.2) is 22.7 Å². The highest BCUT2D eigenvalue weighted by Crippen LogP contribution is 2.22. The molecular weight excluding hydrogens is 296 g/mol. The summed E-state index contributed by atoms with van der Waals surface area (Å²) < 4.78 is 6.07. The summed E-state index contributed by atoms with van der Waals surface area (Å²) in [5, 5.41) is 6.25. The van der Waals surface area contributed by atoms with Crippen LogP contribution in [0.1, 0.15) is 16.8 Å². The van der Waals surface area contributed by atoms with Crippen molar-refractivity contribution in [2.24, 2.45) is 5.92 Å². The van der Waals surface area contributed by atoms with Crippen molar-refractivity contribution in [3.05, 3.63) is 28.2 Å². The number of ether oxygens (including phenoxy) is 1. The van der Waals surface area contributed by atoms with E-state index in [4.69, 9.17) is 4.74 Å². The molecule has 0 aliphatic carbocycles. The maximum absolute atomic E-state index is 12.1. The number of methoxy groups -OCH3 is 1. The fourth-order valence-corrected chi connectivity index (χ4v) is 2.44. The van der Waals surface area contributed by atoms with Crippen molar-refractivity contribution in [2.45, 2.75) is 6.42 Å². The molecule has 2 rings (SSSR count). The van der Waals surface area contributed by atoms with Crippen molar-refractivity contribution in [3.63, 3.8) is 0 Å². The zero-order valence-electron chi connectivity index (χ0n) is 10.3. The summed E-state index contributed by atoms with van der Waals surface area (Å²) in [6.45, 7) is 2.73. The monoisotopic (exact) mass is 312 g/mol. The minimum absolute atomic E-state index is 0.0833. The van der Waals surface area contributed by atoms with Crippen LogP contribution < -0.4 is 15.4 Å². The predicted octanol–water partition coefficient (Wildman–Crippen LogP) is 1.80. The van der Waals surface area contributed by atoms with E-state index in [1.807, 2.05) is 6.07 Å². The predicted molar refractivity (Wildman–Crippen MR) is 74.0 cm³/mol. The fraction of sp³-hybridized carbons (Fsp3) is 0.462. The molecule has 2 N–H and O–H groups in total. The molecule has 1 aromatic rings. The van der Waals surface area contributed by atoms with Crippen molar-refractivity contribution in [1.29, 1.82) is 0 Å². The first-order chi connectivity index (χ1) is 8.70. The first-order valence-electron chi connectivity index (χ1n) is 6.03. The third-order valence-corrected chi connectivity index (χ3v) is 3.61. The van der Waals surface area contributed by atoms with Crippen LogP contribution in [0.3, 0.4) is 0 Å². The molecule has 5 heteroatoms. The minimum atomic E-state index is -0.0833. The lowest BCUT2D eigenvalue weighted by molar-refractivity contribution is 0.0945. The molecule has 1 aliphatic heterocycles. The van der Waals surface area contributed by atoms with E-state index >= 15 is 0 Å². The Labute approximate surface area is 115 Å². The van der Waals surface area contributed by atoms with E-state index in [0.29, 0.717) is 23.8 Å². The Morgan fingerprint density at radius 2 is 2.44 bits per heavy atom. The highest BCUT2D eigenvalue weighted by atomic mass is 79.9. The number of carbonyl (C=O) groups excluding carboxylic acids is 1. The normalized spacial score (nSPS) is 18.7. The van der Waals surface area contributed by atoms with Gasteiger partial charge in [0.1, 0.15) is 5.75 Å². The van der Waals surface area contributed by atoms with E-state index < -0.39 is 0 Å². The van der Waals surface area contributed by atoms with Crippen molar-refractivity contribution in [1.82, 2.24) is 10.6 Å². The Morgan fingerprint density at radius 3 is 3.11 bits per heavy atom. The van der Waals surface area contributed by atoms with Crippen LogP contribution in [0.4, 0.5) is 0 Å². The average molecular weight is 313 g/mol. The van der Waals surface area contributed by atoms with Gasteiger partial charge in [0.25, 0.3) is 5.91 Å². The molecule has 0 saturated carbocycles. The lowest BCUT2D eigenvalue weighted by Gasteiger charge is -2.12. The lowest BCUT2D eigenvalue weighted by Crippen LogP contribution is -2.30. The molecule has 98 valence electrons. The number of hydrogen-bond donors (Lipinski definition) is 2. The van der Waals surface area contributed by atoms with Crippen molar-refractivity contribution in [3.8, 4) is 5.75 Å². The van der Waals surface area contributed by atoms with Gasteiger partial charge in [-0.25, -0.2) is 0 Å². The van der Waals surface area contributed by atoms with E-state index in [-0.39, 0.29) is 5.91 Å². The number of halogens is 1. The summed E-state index contributed by atoms with van der Waals surface area (Å²) in [7, 11) is 1.57. The molecule has 0 radical (unpaired) electrons. The van der Waals surface area contributed by atoms with Gasteiger partial charge in [0, 0.05) is 11.0 Å². The molecule has 0 spiro atoms. The van der Waals surface area contributed by atoms with Gasteiger partial charge < -0.3 is 15.4 Å². The molecule has 1 fully saturated rings. The maximum atomic E-state index is 12.1. The third kappa shape index (κ3) is 3.23. The molecule has 1 atom stereocenters. The van der Waals surface area contributed by atoms with Crippen LogP contribution in [0, 0.1) is 5.92 Å². The van der Waals surface area contributed by atoms with E-state index in [2.05, 4.69) is 26.6 Å². The standard InChI is InChI=1S/C13H17BrN2O2/c1-18-12-3-2-10(14)6-11(12)13(17)16-8-9-4-5-15-7-9/h2-3,6,9,15H,4-5,7-8H2,1H3,(H,16,17). The summed E-state index contributed by atoms with van der Waals surface area (Å²) in [5.74, 6) is 1.05. The maximum Gasteiger partial charge on any atom is 0.255 e. The fourth-order valence-electron chi connectivity index (χ4n) is 2.08. The second kappa shape index (κ2) is 6.20. The molecule has 1 heterocycles. The number of hydrogen-bond acceptors (Lipinski definition) is 3. The van der Waals surface area contributed by atoms with Crippen LogP contribution >= 0.6 is 15.9 Å². The molecule has 1 saturated heterocycles. The number of rotatable bonds is 4. The smallest absolute Gasteiger partial charge is 0.255 e. The summed E-state index contributed by atoms with van der Waals surface area (Å²) in [6, 6.07) is 5.42. The van der Waals surface area contributed by atoms with E-state index in [9.17, 15) is 4.79 Å². The molecule has 1 amide bonds. The summed E-state index contributed by atoms with van der Waals surface area (Å²) in [6.07, 6.45) is 1.12. The van der Waals surface area contributed by atoms with Gasteiger partial charge in [-0.1, -0.05) is 15.9 Å². The topological polar surface area (TPSA) is 50.4 Å². The largest absolute Gasteiger partial charge is 0.496 e. The second-order valence-electron chi connectivity index (χ2n) is 4.41. The molecule has 0 aromatic heterocycles. The Morgan fingerprint density at radius 1 is 1.61 bits per heavy atom. The van der Waals surface area contributed by atoms with Crippen LogP contribution in [0.2, 0.25) is 0 Å². The van der Waals surface area contributed by atoms with Gasteiger partial charge in [0.05, 0.1) is 12.7 Å². The van der Waals surface area contributed by atoms with Gasteiger partial charge in [-0.3, -0.25) is 4.79 Å². The molecule has 1 unspecified atom stereocenters. The molecule has 1 aromatic carbocycles. The number of benzene rings is 1. The SMILES string of the molecule is COc1ccc(Br)cc1C(=O)NCC1CCNC1.